The lowest BCUT2D eigenvalue weighted by atomic mass is 10.1. The van der Waals surface area contributed by atoms with Gasteiger partial charge >= 0.3 is 0 Å². The highest BCUT2D eigenvalue weighted by atomic mass is 16.5. The molecule has 1 atom stereocenters. The summed E-state index contributed by atoms with van der Waals surface area (Å²) in [5.41, 5.74) is 4.24. The number of piperidine rings is 1. The van der Waals surface area contributed by atoms with E-state index in [9.17, 15) is 0 Å². The summed E-state index contributed by atoms with van der Waals surface area (Å²) in [6, 6.07) is 0.611. The van der Waals surface area contributed by atoms with Gasteiger partial charge in [0.1, 0.15) is 0 Å². The second-order valence-corrected chi connectivity index (χ2v) is 6.75. The molecule has 0 amide bonds. The van der Waals surface area contributed by atoms with E-state index in [-0.39, 0.29) is 0 Å². The number of hydrogen-bond acceptors (Lipinski definition) is 4. The Morgan fingerprint density at radius 3 is 2.81 bits per heavy atom. The van der Waals surface area contributed by atoms with Crippen LogP contribution in [0.1, 0.15) is 42.6 Å². The van der Waals surface area contributed by atoms with Crippen molar-refractivity contribution in [3.63, 3.8) is 0 Å². The fraction of sp³-hybridized carbons (Fsp3) is 0.812. The lowest BCUT2D eigenvalue weighted by molar-refractivity contribution is 0.141. The van der Waals surface area contributed by atoms with Gasteiger partial charge in [0.15, 0.2) is 0 Å². The molecular weight excluding hydrogens is 264 g/mol. The van der Waals surface area contributed by atoms with Crippen molar-refractivity contribution in [2.24, 2.45) is 7.05 Å². The van der Waals surface area contributed by atoms with Gasteiger partial charge < -0.3 is 4.74 Å². The molecule has 4 heterocycles. The quantitative estimate of drug-likeness (QED) is 0.845. The standard InChI is InChI=1S/C16H26N4O/c1-18-16-11-20(13-5-8-21-12-13)9-14(16)15(17-18)10-19-6-3-2-4-7-19/h13H,2-12H2,1H3/t13-/m1/s1. The Bertz CT molecular complexity index is 501. The van der Waals surface area contributed by atoms with Crippen molar-refractivity contribution in [3.8, 4) is 0 Å². The van der Waals surface area contributed by atoms with E-state index in [1.807, 2.05) is 0 Å². The first-order valence-corrected chi connectivity index (χ1v) is 8.39. The zero-order valence-electron chi connectivity index (χ0n) is 13.1. The molecular formula is C16H26N4O. The van der Waals surface area contributed by atoms with Crippen molar-refractivity contribution in [2.45, 2.75) is 51.4 Å². The molecule has 0 bridgehead atoms. The fourth-order valence-corrected chi connectivity index (χ4v) is 4.02. The molecule has 4 rings (SSSR count). The summed E-state index contributed by atoms with van der Waals surface area (Å²) in [4.78, 5) is 5.16. The zero-order valence-corrected chi connectivity index (χ0v) is 13.1. The Balaban J connectivity index is 1.49. The van der Waals surface area contributed by atoms with Crippen LogP contribution in [0.3, 0.4) is 0 Å². The molecule has 0 aliphatic carbocycles. The second kappa shape index (κ2) is 5.71. The van der Waals surface area contributed by atoms with Crippen LogP contribution in [0.15, 0.2) is 0 Å². The molecule has 116 valence electrons. The van der Waals surface area contributed by atoms with E-state index in [2.05, 4.69) is 21.5 Å². The molecule has 2 fully saturated rings. The molecule has 3 aliphatic rings. The van der Waals surface area contributed by atoms with Crippen LogP contribution in [-0.4, -0.2) is 51.9 Å². The third kappa shape index (κ3) is 2.62. The molecule has 21 heavy (non-hydrogen) atoms. The van der Waals surface area contributed by atoms with Crippen LogP contribution in [0.2, 0.25) is 0 Å². The SMILES string of the molecule is Cn1nc(CN2CCCCC2)c2c1CN([C@@H]1CCOC1)C2. The summed E-state index contributed by atoms with van der Waals surface area (Å²) < 4.78 is 7.67. The molecule has 0 unspecified atom stereocenters. The Kier molecular flexibility index (Phi) is 3.73. The summed E-state index contributed by atoms with van der Waals surface area (Å²) in [6.45, 7) is 7.47. The summed E-state index contributed by atoms with van der Waals surface area (Å²) in [5, 5.41) is 4.80. The van der Waals surface area contributed by atoms with Crippen molar-refractivity contribution in [3.05, 3.63) is 17.0 Å². The van der Waals surface area contributed by atoms with Gasteiger partial charge in [-0.1, -0.05) is 6.42 Å². The van der Waals surface area contributed by atoms with Crippen molar-refractivity contribution in [2.75, 3.05) is 26.3 Å². The third-order valence-electron chi connectivity index (χ3n) is 5.32. The Labute approximate surface area is 126 Å². The van der Waals surface area contributed by atoms with Gasteiger partial charge in [-0.15, -0.1) is 0 Å². The van der Waals surface area contributed by atoms with E-state index in [4.69, 9.17) is 9.84 Å². The Morgan fingerprint density at radius 2 is 2.05 bits per heavy atom. The number of hydrogen-bond donors (Lipinski definition) is 0. The van der Waals surface area contributed by atoms with Crippen LogP contribution < -0.4 is 0 Å². The second-order valence-electron chi connectivity index (χ2n) is 6.75. The van der Waals surface area contributed by atoms with E-state index in [1.54, 1.807) is 0 Å². The maximum absolute atomic E-state index is 5.55. The molecule has 0 N–H and O–H groups in total. The molecule has 5 heteroatoms. The van der Waals surface area contributed by atoms with E-state index in [0.717, 1.165) is 32.8 Å². The van der Waals surface area contributed by atoms with E-state index in [0.29, 0.717) is 6.04 Å². The van der Waals surface area contributed by atoms with Gasteiger partial charge in [0.25, 0.3) is 0 Å². The normalized spacial score (nSPS) is 27.4. The molecule has 0 spiro atoms. The predicted octanol–water partition coefficient (Wildman–Crippen LogP) is 1.51. The maximum atomic E-state index is 5.55. The van der Waals surface area contributed by atoms with E-state index < -0.39 is 0 Å². The first-order chi connectivity index (χ1) is 10.3. The minimum absolute atomic E-state index is 0.611. The van der Waals surface area contributed by atoms with Crippen LogP contribution in [-0.2, 0) is 31.4 Å². The number of aryl methyl sites for hydroxylation is 1. The minimum atomic E-state index is 0.611. The fourth-order valence-electron chi connectivity index (χ4n) is 4.02. The number of likely N-dealkylation sites (tertiary alicyclic amines) is 1. The van der Waals surface area contributed by atoms with Gasteiger partial charge in [-0.2, -0.15) is 5.10 Å². The highest BCUT2D eigenvalue weighted by Crippen LogP contribution is 2.30. The first-order valence-electron chi connectivity index (χ1n) is 8.39. The molecule has 2 saturated heterocycles. The molecule has 1 aromatic rings. The summed E-state index contributed by atoms with van der Waals surface area (Å²) in [5.74, 6) is 0. The van der Waals surface area contributed by atoms with Crippen molar-refractivity contribution in [1.82, 2.24) is 19.6 Å². The molecule has 1 aromatic heterocycles. The van der Waals surface area contributed by atoms with E-state index in [1.165, 1.54) is 55.7 Å². The average Bonchev–Trinajstić information content (AvgIpc) is 3.20. The largest absolute Gasteiger partial charge is 0.380 e. The van der Waals surface area contributed by atoms with Crippen LogP contribution in [0.5, 0.6) is 0 Å². The Morgan fingerprint density at radius 1 is 1.19 bits per heavy atom. The van der Waals surface area contributed by atoms with Gasteiger partial charge in [0.05, 0.1) is 18.0 Å². The van der Waals surface area contributed by atoms with Gasteiger partial charge in [0.2, 0.25) is 0 Å². The van der Waals surface area contributed by atoms with Crippen LogP contribution in [0.4, 0.5) is 0 Å². The summed E-state index contributed by atoms with van der Waals surface area (Å²) >= 11 is 0. The highest BCUT2D eigenvalue weighted by molar-refractivity contribution is 5.30. The highest BCUT2D eigenvalue weighted by Gasteiger charge is 2.33. The number of ether oxygens (including phenoxy) is 1. The monoisotopic (exact) mass is 290 g/mol. The predicted molar refractivity (Wildman–Crippen MR) is 80.8 cm³/mol. The number of aromatic nitrogens is 2. The van der Waals surface area contributed by atoms with Crippen LogP contribution >= 0.6 is 0 Å². The zero-order chi connectivity index (χ0) is 14.2. The Hall–Kier alpha value is -0.910. The van der Waals surface area contributed by atoms with Gasteiger partial charge in [-0.25, -0.2) is 0 Å². The van der Waals surface area contributed by atoms with Crippen molar-refractivity contribution < 1.29 is 4.74 Å². The smallest absolute Gasteiger partial charge is 0.0813 e. The minimum Gasteiger partial charge on any atom is -0.380 e. The third-order valence-corrected chi connectivity index (χ3v) is 5.32. The number of nitrogens with zero attached hydrogens (tertiary/aromatic N) is 4. The summed E-state index contributed by atoms with van der Waals surface area (Å²) in [6.07, 6.45) is 5.27. The first kappa shape index (κ1) is 13.7. The molecule has 0 aromatic carbocycles. The lowest BCUT2D eigenvalue weighted by Gasteiger charge is -2.26. The van der Waals surface area contributed by atoms with Crippen LogP contribution in [0, 0.1) is 0 Å². The van der Waals surface area contributed by atoms with Gasteiger partial charge in [0, 0.05) is 44.9 Å². The molecule has 5 nitrogen and oxygen atoms in total. The average molecular weight is 290 g/mol. The van der Waals surface area contributed by atoms with Gasteiger partial charge in [-0.05, 0) is 32.4 Å². The van der Waals surface area contributed by atoms with Gasteiger partial charge in [-0.3, -0.25) is 14.5 Å². The van der Waals surface area contributed by atoms with Crippen LogP contribution in [0.25, 0.3) is 0 Å². The number of fused-ring (bicyclic) bond motifs is 1. The number of rotatable bonds is 3. The van der Waals surface area contributed by atoms with E-state index >= 15 is 0 Å². The van der Waals surface area contributed by atoms with Crippen molar-refractivity contribution in [1.29, 1.82) is 0 Å². The molecule has 0 radical (unpaired) electrons. The molecule has 0 saturated carbocycles. The maximum Gasteiger partial charge on any atom is 0.0813 e. The summed E-state index contributed by atoms with van der Waals surface area (Å²) in [7, 11) is 2.10. The topological polar surface area (TPSA) is 33.5 Å². The van der Waals surface area contributed by atoms with Crippen molar-refractivity contribution >= 4 is 0 Å². The lowest BCUT2D eigenvalue weighted by Crippen LogP contribution is -2.32. The molecule has 3 aliphatic heterocycles.